The maximum atomic E-state index is 14.4. The number of halogens is 2. The molecule has 0 bridgehead atoms. The summed E-state index contributed by atoms with van der Waals surface area (Å²) in [5.74, 6) is -2.17. The molecule has 3 unspecified atom stereocenters. The summed E-state index contributed by atoms with van der Waals surface area (Å²) in [5, 5.41) is 0.798. The number of carbonyl (C=O) groups excluding carboxylic acids is 2. The molecular weight excluding hydrogens is 559 g/mol. The van der Waals surface area contributed by atoms with Crippen LogP contribution < -0.4 is 0 Å². The van der Waals surface area contributed by atoms with Gasteiger partial charge in [0.2, 0.25) is 15.9 Å². The number of nitrogens with zero attached hydrogens (tertiary/aromatic N) is 2. The Balaban J connectivity index is 1.85. The highest BCUT2D eigenvalue weighted by atomic mass is 35.5. The van der Waals surface area contributed by atoms with E-state index >= 15 is 0 Å². The van der Waals surface area contributed by atoms with Gasteiger partial charge in [0.05, 0.1) is 30.2 Å². The van der Waals surface area contributed by atoms with Crippen molar-refractivity contribution in [3.8, 4) is 0 Å². The molecule has 1 amide bonds. The second-order valence-corrected chi connectivity index (χ2v) is 13.8. The number of esters is 1. The van der Waals surface area contributed by atoms with E-state index in [1.54, 1.807) is 32.2 Å². The molecule has 2 fully saturated rings. The Labute approximate surface area is 241 Å². The third kappa shape index (κ3) is 6.29. The molecule has 7 nitrogen and oxygen atoms in total. The summed E-state index contributed by atoms with van der Waals surface area (Å²) in [7, 11) is -0.538. The van der Waals surface area contributed by atoms with Gasteiger partial charge in [-0.05, 0) is 61.1 Å². The van der Waals surface area contributed by atoms with Gasteiger partial charge in [-0.2, -0.15) is 0 Å². The van der Waals surface area contributed by atoms with E-state index < -0.39 is 39.9 Å². The third-order valence-electron chi connectivity index (χ3n) is 8.14. The number of carbonyl (C=O) groups is 2. The number of methoxy groups -OCH3 is 1. The zero-order chi connectivity index (χ0) is 28.5. The quantitative estimate of drug-likeness (QED) is 0.330. The minimum Gasteiger partial charge on any atom is -0.469 e. The van der Waals surface area contributed by atoms with E-state index in [9.17, 15) is 18.0 Å². The van der Waals surface area contributed by atoms with Crippen molar-refractivity contribution in [3.63, 3.8) is 0 Å². The number of likely N-dealkylation sites (N-methyl/N-ethyl adjacent to an activating group) is 1. The molecule has 1 heterocycles. The van der Waals surface area contributed by atoms with Gasteiger partial charge in [-0.25, -0.2) is 12.7 Å². The normalized spacial score (nSPS) is 23.5. The molecule has 0 radical (unpaired) electrons. The molecule has 4 rings (SSSR count). The number of hydrogen-bond donors (Lipinski definition) is 0. The molecule has 1 saturated heterocycles. The third-order valence-corrected chi connectivity index (χ3v) is 11.0. The largest absolute Gasteiger partial charge is 0.469 e. The number of sulfonamides is 1. The van der Waals surface area contributed by atoms with E-state index in [0.717, 1.165) is 11.1 Å². The van der Waals surface area contributed by atoms with Crippen LogP contribution >= 0.6 is 23.2 Å². The van der Waals surface area contributed by atoms with Gasteiger partial charge in [0.1, 0.15) is 0 Å². The molecule has 2 aromatic carbocycles. The van der Waals surface area contributed by atoms with Crippen molar-refractivity contribution in [1.29, 1.82) is 0 Å². The average Bonchev–Trinajstić information content (AvgIpc) is 3.77. The highest BCUT2D eigenvalue weighted by Gasteiger charge is 2.49. The second-order valence-electron chi connectivity index (χ2n) is 10.6. The lowest BCUT2D eigenvalue weighted by molar-refractivity contribution is -0.159. The van der Waals surface area contributed by atoms with Crippen molar-refractivity contribution in [1.82, 2.24) is 9.21 Å². The Morgan fingerprint density at radius 1 is 1.10 bits per heavy atom. The molecule has 2 aromatic rings. The summed E-state index contributed by atoms with van der Waals surface area (Å²) in [4.78, 5) is 28.8. The SMILES string of the molecule is CCC(CN(C)S(=O)(=O)C1CC1)N1C(=O)[C@H](C(C)C(=O)OC)CC(c2cccc(Cl)c2)[C@H]1c1ccc(Cl)cc1. The first-order chi connectivity index (χ1) is 18.5. The summed E-state index contributed by atoms with van der Waals surface area (Å²) in [6.45, 7) is 3.83. The number of likely N-dealkylation sites (tertiary alicyclic amines) is 1. The monoisotopic (exact) mass is 594 g/mol. The van der Waals surface area contributed by atoms with Gasteiger partial charge < -0.3 is 9.64 Å². The van der Waals surface area contributed by atoms with Gasteiger partial charge >= 0.3 is 5.97 Å². The second kappa shape index (κ2) is 12.2. The Hall–Kier alpha value is -2.13. The van der Waals surface area contributed by atoms with E-state index in [2.05, 4.69) is 0 Å². The van der Waals surface area contributed by atoms with Gasteiger partial charge in [0.15, 0.2) is 0 Å². The van der Waals surface area contributed by atoms with E-state index in [1.165, 1.54) is 11.4 Å². The molecule has 1 aliphatic heterocycles. The predicted octanol–water partition coefficient (Wildman–Crippen LogP) is 5.68. The molecule has 1 saturated carbocycles. The lowest BCUT2D eigenvalue weighted by Gasteiger charge is -2.49. The van der Waals surface area contributed by atoms with Gasteiger partial charge in [-0.3, -0.25) is 9.59 Å². The van der Waals surface area contributed by atoms with Gasteiger partial charge in [0, 0.05) is 35.6 Å². The fourth-order valence-electron chi connectivity index (χ4n) is 5.74. The van der Waals surface area contributed by atoms with Crippen LogP contribution in [0.15, 0.2) is 48.5 Å². The summed E-state index contributed by atoms with van der Waals surface area (Å²) < 4.78 is 32.5. The number of piperidine rings is 1. The number of amides is 1. The molecule has 0 spiro atoms. The van der Waals surface area contributed by atoms with Crippen molar-refractivity contribution in [3.05, 3.63) is 69.7 Å². The molecule has 1 aliphatic carbocycles. The average molecular weight is 596 g/mol. The van der Waals surface area contributed by atoms with Crippen molar-refractivity contribution in [2.75, 3.05) is 20.7 Å². The maximum Gasteiger partial charge on any atom is 0.309 e. The Kier molecular flexibility index (Phi) is 9.31. The van der Waals surface area contributed by atoms with Crippen LogP contribution in [0.4, 0.5) is 0 Å². The molecule has 5 atom stereocenters. The molecule has 39 heavy (non-hydrogen) atoms. The first-order valence-electron chi connectivity index (χ1n) is 13.4. The highest BCUT2D eigenvalue weighted by Crippen LogP contribution is 2.48. The smallest absolute Gasteiger partial charge is 0.309 e. The molecule has 212 valence electrons. The first kappa shape index (κ1) is 29.8. The van der Waals surface area contributed by atoms with Crippen LogP contribution in [-0.2, 0) is 24.3 Å². The lowest BCUT2D eigenvalue weighted by Crippen LogP contribution is -2.56. The Morgan fingerprint density at radius 3 is 2.33 bits per heavy atom. The number of rotatable bonds is 10. The maximum absolute atomic E-state index is 14.4. The number of ether oxygens (including phenoxy) is 1. The van der Waals surface area contributed by atoms with E-state index in [-0.39, 0.29) is 23.6 Å². The Morgan fingerprint density at radius 2 is 1.77 bits per heavy atom. The zero-order valence-corrected chi connectivity index (χ0v) is 25.0. The highest BCUT2D eigenvalue weighted by molar-refractivity contribution is 7.90. The van der Waals surface area contributed by atoms with Crippen LogP contribution in [-0.4, -0.2) is 61.5 Å². The standard InChI is InChI=1S/C29H36Cl2N2O5S/c1-5-23(17-32(3)39(36,37)24-13-14-24)33-27(19-9-11-21(30)12-10-19)26(20-7-6-8-22(31)15-20)16-25(28(33)34)18(2)29(35)38-4/h6-12,15,18,23-27H,5,13-14,16-17H2,1-4H3/t18?,23?,25-,26?,27+/m0/s1. The van der Waals surface area contributed by atoms with Crippen molar-refractivity contribution < 1.29 is 22.7 Å². The molecule has 2 aliphatic rings. The zero-order valence-electron chi connectivity index (χ0n) is 22.7. The van der Waals surface area contributed by atoms with Crippen molar-refractivity contribution in [2.45, 2.75) is 62.8 Å². The van der Waals surface area contributed by atoms with Crippen LogP contribution in [0.2, 0.25) is 10.0 Å². The molecule has 0 aromatic heterocycles. The molecular formula is C29H36Cl2N2O5S. The van der Waals surface area contributed by atoms with Crippen LogP contribution in [0.5, 0.6) is 0 Å². The predicted molar refractivity (Wildman–Crippen MR) is 153 cm³/mol. The first-order valence-corrected chi connectivity index (χ1v) is 15.6. The topological polar surface area (TPSA) is 84.0 Å². The van der Waals surface area contributed by atoms with Crippen LogP contribution in [0.25, 0.3) is 0 Å². The summed E-state index contributed by atoms with van der Waals surface area (Å²) >= 11 is 12.6. The van der Waals surface area contributed by atoms with Gasteiger partial charge in [0.25, 0.3) is 0 Å². The number of hydrogen-bond acceptors (Lipinski definition) is 5. The van der Waals surface area contributed by atoms with E-state index in [0.29, 0.717) is 35.7 Å². The van der Waals surface area contributed by atoms with E-state index in [1.807, 2.05) is 42.2 Å². The van der Waals surface area contributed by atoms with Crippen LogP contribution in [0.3, 0.4) is 0 Å². The summed E-state index contributed by atoms with van der Waals surface area (Å²) in [5.41, 5.74) is 1.82. The lowest BCUT2D eigenvalue weighted by atomic mass is 9.71. The summed E-state index contributed by atoms with van der Waals surface area (Å²) in [6, 6.07) is 14.1. The summed E-state index contributed by atoms with van der Waals surface area (Å²) in [6.07, 6.45) is 2.26. The van der Waals surface area contributed by atoms with Crippen molar-refractivity contribution in [2.24, 2.45) is 11.8 Å². The van der Waals surface area contributed by atoms with Crippen LogP contribution in [0, 0.1) is 11.8 Å². The van der Waals surface area contributed by atoms with Crippen LogP contribution in [0.1, 0.15) is 62.6 Å². The van der Waals surface area contributed by atoms with E-state index in [4.69, 9.17) is 27.9 Å². The molecule has 0 N–H and O–H groups in total. The Bertz CT molecular complexity index is 1300. The fourth-order valence-corrected chi connectivity index (χ4v) is 7.69. The minimum absolute atomic E-state index is 0.159. The van der Waals surface area contributed by atoms with Crippen molar-refractivity contribution >= 4 is 45.1 Å². The fraction of sp³-hybridized carbons (Fsp3) is 0.517. The van der Waals surface area contributed by atoms with Gasteiger partial charge in [-0.15, -0.1) is 0 Å². The molecule has 10 heteroatoms. The minimum atomic E-state index is -3.45. The van der Waals surface area contributed by atoms with Gasteiger partial charge in [-0.1, -0.05) is 61.3 Å². The number of benzene rings is 2.